The van der Waals surface area contributed by atoms with Crippen molar-refractivity contribution in [3.05, 3.63) is 78.0 Å². The average molecular weight is 488 g/mol. The lowest BCUT2D eigenvalue weighted by molar-refractivity contribution is 0.398. The van der Waals surface area contributed by atoms with Gasteiger partial charge in [0, 0.05) is 29.3 Å². The fraction of sp³-hybridized carbons (Fsp3) is 0.160. The van der Waals surface area contributed by atoms with Crippen LogP contribution in [-0.2, 0) is 16.4 Å². The quantitative estimate of drug-likeness (QED) is 0.395. The molecule has 10 heteroatoms. The molecule has 1 aliphatic rings. The van der Waals surface area contributed by atoms with Crippen LogP contribution in [-0.4, -0.2) is 34.7 Å². The van der Waals surface area contributed by atoms with Crippen molar-refractivity contribution in [3.8, 4) is 28.9 Å². The molecule has 9 nitrogen and oxygen atoms in total. The summed E-state index contributed by atoms with van der Waals surface area (Å²) in [6.45, 7) is 0. The zero-order valence-corrected chi connectivity index (χ0v) is 19.6. The van der Waals surface area contributed by atoms with Gasteiger partial charge in [-0.05, 0) is 54.3 Å². The summed E-state index contributed by atoms with van der Waals surface area (Å²) in [6, 6.07) is 17.1. The Kier molecular flexibility index (Phi) is 4.94. The van der Waals surface area contributed by atoms with Crippen LogP contribution in [0.3, 0.4) is 0 Å². The molecule has 176 valence electrons. The van der Waals surface area contributed by atoms with Crippen LogP contribution in [0.25, 0.3) is 33.9 Å². The number of nitrogens with zero attached hydrogens (tertiary/aromatic N) is 4. The van der Waals surface area contributed by atoms with E-state index in [0.717, 1.165) is 29.4 Å². The second-order valence-electron chi connectivity index (χ2n) is 8.32. The fourth-order valence-electron chi connectivity index (χ4n) is 4.62. The van der Waals surface area contributed by atoms with Crippen LogP contribution >= 0.6 is 0 Å². The van der Waals surface area contributed by atoms with Gasteiger partial charge >= 0.3 is 0 Å². The van der Waals surface area contributed by atoms with Gasteiger partial charge in [0.2, 0.25) is 11.8 Å². The Balaban J connectivity index is 1.59. The van der Waals surface area contributed by atoms with Gasteiger partial charge in [0.1, 0.15) is 5.69 Å². The lowest BCUT2D eigenvalue weighted by Crippen LogP contribution is -2.14. The number of benzene rings is 2. The summed E-state index contributed by atoms with van der Waals surface area (Å²) in [5.74, 6) is 0.708. The standard InChI is InChI=1S/C25H21N5O4S/c1-33-23-13-15(11-12-27-23)24-28-29-25(34-24)22-14-19-17-7-9-20(26)18(17)8-10-21(19)30(22)35(31,32)16-5-3-2-4-6-16/h2-6,8,10-14,20H,7,9,26H2,1H3. The maximum atomic E-state index is 13.9. The molecule has 1 atom stereocenters. The van der Waals surface area contributed by atoms with Crippen molar-refractivity contribution >= 4 is 20.9 Å². The van der Waals surface area contributed by atoms with Crippen molar-refractivity contribution in [1.82, 2.24) is 19.2 Å². The predicted octanol–water partition coefficient (Wildman–Crippen LogP) is 3.94. The number of rotatable bonds is 5. The van der Waals surface area contributed by atoms with E-state index in [1.165, 1.54) is 11.1 Å². The Bertz CT molecular complexity index is 1680. The molecule has 5 aromatic rings. The van der Waals surface area contributed by atoms with Gasteiger partial charge in [0.25, 0.3) is 15.9 Å². The van der Waals surface area contributed by atoms with E-state index in [1.54, 1.807) is 60.8 Å². The Morgan fingerprint density at radius 2 is 1.86 bits per heavy atom. The van der Waals surface area contributed by atoms with Gasteiger partial charge in [-0.15, -0.1) is 10.2 Å². The second-order valence-corrected chi connectivity index (χ2v) is 10.1. The first-order valence-corrected chi connectivity index (χ1v) is 12.5. The first-order valence-electron chi connectivity index (χ1n) is 11.0. The highest BCUT2D eigenvalue weighted by atomic mass is 32.2. The highest BCUT2D eigenvalue weighted by Gasteiger charge is 2.30. The number of ether oxygens (including phenoxy) is 1. The Morgan fingerprint density at radius 3 is 2.66 bits per heavy atom. The molecule has 1 unspecified atom stereocenters. The van der Waals surface area contributed by atoms with Crippen LogP contribution in [0.2, 0.25) is 0 Å². The molecule has 3 heterocycles. The third kappa shape index (κ3) is 3.41. The Morgan fingerprint density at radius 1 is 1.06 bits per heavy atom. The van der Waals surface area contributed by atoms with Gasteiger partial charge in [-0.2, -0.15) is 0 Å². The fourth-order valence-corrected chi connectivity index (χ4v) is 6.14. The molecular weight excluding hydrogens is 466 g/mol. The van der Waals surface area contributed by atoms with E-state index in [2.05, 4.69) is 15.2 Å². The van der Waals surface area contributed by atoms with Crippen LogP contribution < -0.4 is 10.5 Å². The molecule has 1 aliphatic carbocycles. The van der Waals surface area contributed by atoms with E-state index in [-0.39, 0.29) is 28.4 Å². The number of hydrogen-bond donors (Lipinski definition) is 1. The zero-order chi connectivity index (χ0) is 24.2. The molecule has 35 heavy (non-hydrogen) atoms. The molecule has 0 amide bonds. The third-order valence-electron chi connectivity index (χ3n) is 6.31. The summed E-state index contributed by atoms with van der Waals surface area (Å²) < 4.78 is 40.1. The number of methoxy groups -OCH3 is 1. The molecule has 0 radical (unpaired) electrons. The van der Waals surface area contributed by atoms with Gasteiger partial charge in [0.05, 0.1) is 17.5 Å². The molecule has 0 bridgehead atoms. The lowest BCUT2D eigenvalue weighted by atomic mass is 10.0. The van der Waals surface area contributed by atoms with Crippen LogP contribution in [0.5, 0.6) is 5.88 Å². The topological polar surface area (TPSA) is 126 Å². The van der Waals surface area contributed by atoms with E-state index < -0.39 is 10.0 Å². The van der Waals surface area contributed by atoms with E-state index >= 15 is 0 Å². The molecular formula is C25H21N5O4S. The van der Waals surface area contributed by atoms with Crippen molar-refractivity contribution in [1.29, 1.82) is 0 Å². The first kappa shape index (κ1) is 21.5. The van der Waals surface area contributed by atoms with Crippen LogP contribution in [0.4, 0.5) is 0 Å². The van der Waals surface area contributed by atoms with Gasteiger partial charge < -0.3 is 14.9 Å². The van der Waals surface area contributed by atoms with E-state index in [4.69, 9.17) is 14.9 Å². The molecule has 3 aromatic heterocycles. The monoisotopic (exact) mass is 487 g/mol. The van der Waals surface area contributed by atoms with Crippen molar-refractivity contribution in [2.45, 2.75) is 23.8 Å². The van der Waals surface area contributed by atoms with Crippen LogP contribution in [0.15, 0.2) is 76.2 Å². The summed E-state index contributed by atoms with van der Waals surface area (Å²) in [4.78, 5) is 4.25. The minimum absolute atomic E-state index is 0.0661. The number of pyridine rings is 1. The molecule has 0 aliphatic heterocycles. The predicted molar refractivity (Wildman–Crippen MR) is 129 cm³/mol. The largest absolute Gasteiger partial charge is 0.481 e. The van der Waals surface area contributed by atoms with Gasteiger partial charge in [-0.25, -0.2) is 17.4 Å². The van der Waals surface area contributed by atoms with Gasteiger partial charge in [-0.1, -0.05) is 24.3 Å². The van der Waals surface area contributed by atoms with Crippen LogP contribution in [0.1, 0.15) is 23.6 Å². The molecule has 2 N–H and O–H groups in total. The lowest BCUT2D eigenvalue weighted by Gasteiger charge is -2.11. The average Bonchev–Trinajstić information content (AvgIpc) is 3.61. The van der Waals surface area contributed by atoms with E-state index in [9.17, 15) is 8.42 Å². The minimum Gasteiger partial charge on any atom is -0.481 e. The second kappa shape index (κ2) is 8.03. The number of nitrogens with two attached hydrogens (primary N) is 1. The molecule has 0 saturated carbocycles. The maximum absolute atomic E-state index is 13.9. The van der Waals surface area contributed by atoms with Crippen molar-refractivity contribution in [2.24, 2.45) is 5.73 Å². The van der Waals surface area contributed by atoms with Gasteiger partial charge in [-0.3, -0.25) is 0 Å². The normalized spacial score (nSPS) is 15.4. The Labute approximate surface area is 201 Å². The molecule has 0 fully saturated rings. The number of aromatic nitrogens is 4. The highest BCUT2D eigenvalue weighted by molar-refractivity contribution is 7.90. The minimum atomic E-state index is -3.97. The van der Waals surface area contributed by atoms with E-state index in [1.807, 2.05) is 6.07 Å². The van der Waals surface area contributed by atoms with Crippen molar-refractivity contribution in [3.63, 3.8) is 0 Å². The third-order valence-corrected chi connectivity index (χ3v) is 8.05. The van der Waals surface area contributed by atoms with Crippen molar-refractivity contribution in [2.75, 3.05) is 7.11 Å². The summed E-state index contributed by atoms with van der Waals surface area (Å²) in [7, 11) is -2.45. The maximum Gasteiger partial charge on any atom is 0.268 e. The zero-order valence-electron chi connectivity index (χ0n) is 18.7. The molecule has 2 aromatic carbocycles. The smallest absolute Gasteiger partial charge is 0.268 e. The number of aryl methyl sites for hydroxylation is 1. The number of hydrogen-bond acceptors (Lipinski definition) is 8. The summed E-state index contributed by atoms with van der Waals surface area (Å²) >= 11 is 0. The highest BCUT2D eigenvalue weighted by Crippen LogP contribution is 2.40. The molecule has 0 spiro atoms. The van der Waals surface area contributed by atoms with Crippen molar-refractivity contribution < 1.29 is 17.6 Å². The van der Waals surface area contributed by atoms with E-state index in [0.29, 0.717) is 17.0 Å². The van der Waals surface area contributed by atoms with Crippen LogP contribution in [0, 0.1) is 0 Å². The summed E-state index contributed by atoms with van der Waals surface area (Å²) in [5, 5.41) is 9.18. The molecule has 6 rings (SSSR count). The Hall–Kier alpha value is -4.02. The number of fused-ring (bicyclic) bond motifs is 3. The SMILES string of the molecule is COc1cc(-c2nnc(-c3cc4c5c(ccc4n3S(=O)(=O)c3ccccc3)C(N)CC5)o2)ccn1. The van der Waals surface area contributed by atoms with Gasteiger partial charge in [0.15, 0.2) is 0 Å². The first-order chi connectivity index (χ1) is 17.0. The summed E-state index contributed by atoms with van der Waals surface area (Å²) in [5.41, 5.74) is 9.81. The molecule has 0 saturated heterocycles. The summed E-state index contributed by atoms with van der Waals surface area (Å²) in [6.07, 6.45) is 3.16.